The number of carbonyl (C=O) groups is 1. The Kier molecular flexibility index (Phi) is 3.76. The molecule has 0 aliphatic rings. The smallest absolute Gasteiger partial charge is 0.337 e. The average molecular weight is 214 g/mol. The topological polar surface area (TPSA) is 66.8 Å². The maximum Gasteiger partial charge on any atom is 0.337 e. The molecular weight excluding hydrogens is 203 g/mol. The van der Waals surface area contributed by atoms with Crippen molar-refractivity contribution in [2.45, 2.75) is 12.2 Å². The van der Waals surface area contributed by atoms with Crippen LogP contribution >= 0.6 is 0 Å². The highest BCUT2D eigenvalue weighted by molar-refractivity contribution is 5.75. The highest BCUT2D eigenvalue weighted by Crippen LogP contribution is 2.20. The molecule has 5 heteroatoms. The second-order valence-electron chi connectivity index (χ2n) is 2.93. The fourth-order valence-corrected chi connectivity index (χ4v) is 1.13. The van der Waals surface area contributed by atoms with E-state index in [1.807, 2.05) is 0 Å². The van der Waals surface area contributed by atoms with Crippen molar-refractivity contribution < 1.29 is 24.1 Å². The van der Waals surface area contributed by atoms with Gasteiger partial charge >= 0.3 is 5.97 Å². The Bertz CT molecular complexity index is 353. The Morgan fingerprint density at radius 1 is 1.40 bits per heavy atom. The molecule has 0 radical (unpaired) electrons. The van der Waals surface area contributed by atoms with Crippen LogP contribution in [0.2, 0.25) is 0 Å². The van der Waals surface area contributed by atoms with Crippen molar-refractivity contribution in [2.24, 2.45) is 0 Å². The molecule has 2 atom stereocenters. The van der Waals surface area contributed by atoms with E-state index in [0.717, 1.165) is 13.2 Å². The SMILES string of the molecule is COC(=O)[C@@H](O)[C@H](O)c1ccccc1F. The number of hydrogen-bond acceptors (Lipinski definition) is 4. The fourth-order valence-electron chi connectivity index (χ4n) is 1.13. The standard InChI is InChI=1S/C10H11FO4/c1-15-10(14)9(13)8(12)6-4-2-3-5-7(6)11/h2-5,8-9,12-13H,1H3/t8-,9+/m1/s1. The van der Waals surface area contributed by atoms with Gasteiger partial charge in [-0.2, -0.15) is 0 Å². The maximum atomic E-state index is 13.1. The van der Waals surface area contributed by atoms with E-state index in [2.05, 4.69) is 4.74 Å². The molecule has 0 aliphatic heterocycles. The first-order chi connectivity index (χ1) is 7.07. The number of benzene rings is 1. The summed E-state index contributed by atoms with van der Waals surface area (Å²) in [5, 5.41) is 18.8. The lowest BCUT2D eigenvalue weighted by Gasteiger charge is -2.16. The molecule has 0 amide bonds. The van der Waals surface area contributed by atoms with Crippen LogP contribution in [0.1, 0.15) is 11.7 Å². The second-order valence-corrected chi connectivity index (χ2v) is 2.93. The van der Waals surface area contributed by atoms with Crippen molar-refractivity contribution in [3.8, 4) is 0 Å². The van der Waals surface area contributed by atoms with Gasteiger partial charge < -0.3 is 14.9 Å². The lowest BCUT2D eigenvalue weighted by molar-refractivity contribution is -0.156. The number of methoxy groups -OCH3 is 1. The summed E-state index contributed by atoms with van der Waals surface area (Å²) < 4.78 is 17.4. The molecule has 0 saturated heterocycles. The van der Waals surface area contributed by atoms with Gasteiger partial charge in [0.2, 0.25) is 0 Å². The molecule has 0 unspecified atom stereocenters. The Labute approximate surface area is 85.9 Å². The Hall–Kier alpha value is -1.46. The van der Waals surface area contributed by atoms with Crippen molar-refractivity contribution in [3.63, 3.8) is 0 Å². The van der Waals surface area contributed by atoms with Gasteiger partial charge in [-0.1, -0.05) is 18.2 Å². The van der Waals surface area contributed by atoms with Crippen LogP contribution in [0.25, 0.3) is 0 Å². The van der Waals surface area contributed by atoms with Crippen molar-refractivity contribution in [1.29, 1.82) is 0 Å². The molecule has 0 spiro atoms. The number of hydrogen-bond donors (Lipinski definition) is 2. The molecule has 4 nitrogen and oxygen atoms in total. The zero-order valence-electron chi connectivity index (χ0n) is 8.05. The second kappa shape index (κ2) is 4.86. The van der Waals surface area contributed by atoms with Crippen LogP contribution in [0, 0.1) is 5.82 Å². The third kappa shape index (κ3) is 2.51. The van der Waals surface area contributed by atoms with Gasteiger partial charge in [-0.25, -0.2) is 9.18 Å². The minimum atomic E-state index is -1.79. The van der Waals surface area contributed by atoms with Crippen molar-refractivity contribution in [2.75, 3.05) is 7.11 Å². The summed E-state index contributed by atoms with van der Waals surface area (Å²) in [5.41, 5.74) is -0.143. The minimum absolute atomic E-state index is 0.143. The summed E-state index contributed by atoms with van der Waals surface area (Å²) in [6.45, 7) is 0. The molecule has 1 rings (SSSR count). The zero-order valence-corrected chi connectivity index (χ0v) is 8.05. The van der Waals surface area contributed by atoms with E-state index in [1.165, 1.54) is 18.2 Å². The molecular formula is C10H11FO4. The van der Waals surface area contributed by atoms with E-state index in [1.54, 1.807) is 0 Å². The largest absolute Gasteiger partial charge is 0.467 e. The third-order valence-corrected chi connectivity index (χ3v) is 1.97. The number of aliphatic hydroxyl groups is 2. The van der Waals surface area contributed by atoms with Gasteiger partial charge in [0.15, 0.2) is 6.10 Å². The van der Waals surface area contributed by atoms with Gasteiger partial charge in [0.1, 0.15) is 11.9 Å². The number of aliphatic hydroxyl groups excluding tert-OH is 2. The van der Waals surface area contributed by atoms with Crippen LogP contribution in [0.4, 0.5) is 4.39 Å². The Balaban J connectivity index is 2.89. The van der Waals surface area contributed by atoms with Crippen molar-refractivity contribution >= 4 is 5.97 Å². The van der Waals surface area contributed by atoms with Crippen LogP contribution in [-0.2, 0) is 9.53 Å². The van der Waals surface area contributed by atoms with Gasteiger partial charge in [-0.05, 0) is 6.07 Å². The van der Waals surface area contributed by atoms with Crippen LogP contribution < -0.4 is 0 Å². The van der Waals surface area contributed by atoms with E-state index in [4.69, 9.17) is 0 Å². The predicted molar refractivity (Wildman–Crippen MR) is 49.4 cm³/mol. The lowest BCUT2D eigenvalue weighted by atomic mass is 10.0. The summed E-state index contributed by atoms with van der Waals surface area (Å²) in [6.07, 6.45) is -3.41. The van der Waals surface area contributed by atoms with E-state index in [-0.39, 0.29) is 5.56 Å². The summed E-state index contributed by atoms with van der Waals surface area (Å²) in [5.74, 6) is -1.70. The predicted octanol–water partition coefficient (Wildman–Crippen LogP) is 0.393. The number of carbonyl (C=O) groups excluding carboxylic acids is 1. The van der Waals surface area contributed by atoms with E-state index in [0.29, 0.717) is 0 Å². The van der Waals surface area contributed by atoms with Gasteiger partial charge in [0.05, 0.1) is 7.11 Å². The van der Waals surface area contributed by atoms with Crippen LogP contribution in [0.5, 0.6) is 0 Å². The third-order valence-electron chi connectivity index (χ3n) is 1.97. The van der Waals surface area contributed by atoms with Crippen molar-refractivity contribution in [1.82, 2.24) is 0 Å². The average Bonchev–Trinajstić information content (AvgIpc) is 2.26. The number of esters is 1. The Morgan fingerprint density at radius 3 is 2.53 bits per heavy atom. The molecule has 0 fully saturated rings. The van der Waals surface area contributed by atoms with Gasteiger partial charge in [0.25, 0.3) is 0 Å². The zero-order chi connectivity index (χ0) is 11.4. The molecule has 0 aromatic heterocycles. The van der Waals surface area contributed by atoms with Crippen LogP contribution in [0.3, 0.4) is 0 Å². The molecule has 0 saturated carbocycles. The number of ether oxygens (including phenoxy) is 1. The summed E-state index contributed by atoms with van der Waals surface area (Å²) in [7, 11) is 1.07. The lowest BCUT2D eigenvalue weighted by Crippen LogP contribution is -2.29. The normalized spacial score (nSPS) is 14.4. The van der Waals surface area contributed by atoms with E-state index >= 15 is 0 Å². The molecule has 15 heavy (non-hydrogen) atoms. The summed E-state index contributed by atoms with van der Waals surface area (Å²) in [6, 6.07) is 5.34. The number of rotatable bonds is 3. The highest BCUT2D eigenvalue weighted by Gasteiger charge is 2.28. The van der Waals surface area contributed by atoms with Gasteiger partial charge in [-0.15, -0.1) is 0 Å². The molecule has 82 valence electrons. The van der Waals surface area contributed by atoms with Gasteiger partial charge in [-0.3, -0.25) is 0 Å². The summed E-state index contributed by atoms with van der Waals surface area (Å²) in [4.78, 5) is 10.9. The maximum absolute atomic E-state index is 13.1. The van der Waals surface area contributed by atoms with E-state index in [9.17, 15) is 19.4 Å². The minimum Gasteiger partial charge on any atom is -0.467 e. The monoisotopic (exact) mass is 214 g/mol. The first-order valence-electron chi connectivity index (χ1n) is 4.26. The summed E-state index contributed by atoms with van der Waals surface area (Å²) >= 11 is 0. The Morgan fingerprint density at radius 2 is 2.00 bits per heavy atom. The van der Waals surface area contributed by atoms with Crippen molar-refractivity contribution in [3.05, 3.63) is 35.6 Å². The van der Waals surface area contributed by atoms with Crippen LogP contribution in [0.15, 0.2) is 24.3 Å². The number of halogens is 1. The molecule has 0 bridgehead atoms. The first-order valence-corrected chi connectivity index (χ1v) is 4.26. The van der Waals surface area contributed by atoms with E-state index < -0.39 is 24.0 Å². The molecule has 1 aromatic rings. The molecule has 0 aliphatic carbocycles. The first kappa shape index (κ1) is 11.6. The highest BCUT2D eigenvalue weighted by atomic mass is 19.1. The molecule has 0 heterocycles. The van der Waals surface area contributed by atoms with Gasteiger partial charge in [0, 0.05) is 5.56 Å². The molecule has 1 aromatic carbocycles. The fraction of sp³-hybridized carbons (Fsp3) is 0.300. The molecule has 2 N–H and O–H groups in total. The van der Waals surface area contributed by atoms with Crippen LogP contribution in [-0.4, -0.2) is 29.4 Å². The quantitative estimate of drug-likeness (QED) is 0.714.